The van der Waals surface area contributed by atoms with Crippen molar-refractivity contribution in [3.05, 3.63) is 77.9 Å². The lowest BCUT2D eigenvalue weighted by Crippen LogP contribution is -2.32. The molecule has 3 rings (SSSR count). The van der Waals surface area contributed by atoms with E-state index in [-0.39, 0.29) is 23.0 Å². The maximum absolute atomic E-state index is 13.0. The summed E-state index contributed by atoms with van der Waals surface area (Å²) < 4.78 is 32.2. The molecule has 0 spiro atoms. The number of nitrogens with one attached hydrogen (secondary N) is 1. The van der Waals surface area contributed by atoms with Gasteiger partial charge in [0, 0.05) is 27.6 Å². The standard InChI is InChI=1S/C25H28N4O6S/c1-17-8-14-20(15-9-17)36(33,34)29(4)23-7-5-6-22(27-23)26-21(24(30)31)16-18-10-12-19(13-11-18)35-25(32)28(2)3/h5-15,21H,16H2,1-4H3,(H,26,27)(H,30,31)/t21-/m0/s1. The molecule has 0 saturated heterocycles. The summed E-state index contributed by atoms with van der Waals surface area (Å²) in [6, 6.07) is 16.6. The van der Waals surface area contributed by atoms with Crippen molar-refractivity contribution in [1.29, 1.82) is 0 Å². The van der Waals surface area contributed by atoms with Gasteiger partial charge in [0.15, 0.2) is 0 Å². The molecule has 0 aliphatic carbocycles. The first-order valence-electron chi connectivity index (χ1n) is 11.0. The van der Waals surface area contributed by atoms with Gasteiger partial charge in [-0.2, -0.15) is 0 Å². The number of carbonyl (C=O) groups is 2. The van der Waals surface area contributed by atoms with E-state index in [0.29, 0.717) is 11.3 Å². The van der Waals surface area contributed by atoms with Gasteiger partial charge in [0.25, 0.3) is 10.0 Å². The predicted octanol–water partition coefficient (Wildman–Crippen LogP) is 3.38. The number of carboxylic acid groups (broad SMARTS) is 1. The molecule has 2 aromatic carbocycles. The van der Waals surface area contributed by atoms with Crippen molar-refractivity contribution in [2.75, 3.05) is 30.8 Å². The molecule has 10 nitrogen and oxygen atoms in total. The molecule has 1 amide bonds. The molecule has 190 valence electrons. The average Bonchev–Trinajstić information content (AvgIpc) is 2.84. The molecule has 1 heterocycles. The summed E-state index contributed by atoms with van der Waals surface area (Å²) in [4.78, 5) is 29.3. The van der Waals surface area contributed by atoms with Crippen molar-refractivity contribution >= 4 is 33.7 Å². The number of hydrogen-bond donors (Lipinski definition) is 2. The lowest BCUT2D eigenvalue weighted by atomic mass is 10.1. The Morgan fingerprint density at radius 1 is 1.00 bits per heavy atom. The number of hydrogen-bond acceptors (Lipinski definition) is 7. The molecule has 0 saturated carbocycles. The Kier molecular flexibility index (Phi) is 8.15. The third-order valence-electron chi connectivity index (χ3n) is 5.29. The molecule has 0 bridgehead atoms. The number of ether oxygens (including phenoxy) is 1. The van der Waals surface area contributed by atoms with E-state index in [1.165, 1.54) is 30.1 Å². The number of amides is 1. The van der Waals surface area contributed by atoms with Gasteiger partial charge in [-0.15, -0.1) is 0 Å². The SMILES string of the molecule is Cc1ccc(S(=O)(=O)N(C)c2cccc(N[C@@H](Cc3ccc(OC(=O)N(C)C)cc3)C(=O)O)n2)cc1. The highest BCUT2D eigenvalue weighted by Gasteiger charge is 2.23. The largest absolute Gasteiger partial charge is 0.480 e. The highest BCUT2D eigenvalue weighted by Crippen LogP contribution is 2.23. The number of aliphatic carboxylic acids is 1. The van der Waals surface area contributed by atoms with Crippen LogP contribution in [0.3, 0.4) is 0 Å². The van der Waals surface area contributed by atoms with Crippen LogP contribution in [0.2, 0.25) is 0 Å². The van der Waals surface area contributed by atoms with E-state index in [1.54, 1.807) is 62.6 Å². The minimum Gasteiger partial charge on any atom is -0.480 e. The number of carboxylic acids is 1. The molecule has 0 unspecified atom stereocenters. The van der Waals surface area contributed by atoms with Gasteiger partial charge in [-0.05, 0) is 48.9 Å². The summed E-state index contributed by atoms with van der Waals surface area (Å²) in [6.07, 6.45) is -0.408. The number of sulfonamides is 1. The third-order valence-corrected chi connectivity index (χ3v) is 7.07. The predicted molar refractivity (Wildman–Crippen MR) is 136 cm³/mol. The molecular formula is C25H28N4O6S. The fourth-order valence-corrected chi connectivity index (χ4v) is 4.31. The van der Waals surface area contributed by atoms with Crippen molar-refractivity contribution in [3.8, 4) is 5.75 Å². The first-order valence-corrected chi connectivity index (χ1v) is 12.4. The quantitative estimate of drug-likeness (QED) is 0.446. The van der Waals surface area contributed by atoms with Gasteiger partial charge in [-0.25, -0.2) is 23.0 Å². The summed E-state index contributed by atoms with van der Waals surface area (Å²) in [7, 11) is 0.676. The van der Waals surface area contributed by atoms with Gasteiger partial charge < -0.3 is 20.1 Å². The molecule has 0 radical (unpaired) electrons. The second-order valence-electron chi connectivity index (χ2n) is 8.31. The second-order valence-corrected chi connectivity index (χ2v) is 10.3. The van der Waals surface area contributed by atoms with Gasteiger partial charge in [-0.1, -0.05) is 35.9 Å². The first-order chi connectivity index (χ1) is 17.0. The second kappa shape index (κ2) is 11.1. The Morgan fingerprint density at radius 3 is 2.22 bits per heavy atom. The number of aryl methyl sites for hydroxylation is 1. The zero-order chi connectivity index (χ0) is 26.5. The van der Waals surface area contributed by atoms with E-state index >= 15 is 0 Å². The van der Waals surface area contributed by atoms with Crippen LogP contribution in [0.5, 0.6) is 5.75 Å². The van der Waals surface area contributed by atoms with Crippen molar-refractivity contribution < 1.29 is 27.9 Å². The maximum atomic E-state index is 13.0. The Balaban J connectivity index is 1.74. The van der Waals surface area contributed by atoms with Crippen molar-refractivity contribution in [2.45, 2.75) is 24.3 Å². The lowest BCUT2D eigenvalue weighted by molar-refractivity contribution is -0.137. The number of rotatable bonds is 9. The van der Waals surface area contributed by atoms with Crippen molar-refractivity contribution in [3.63, 3.8) is 0 Å². The van der Waals surface area contributed by atoms with Crippen LogP contribution in [0.15, 0.2) is 71.6 Å². The molecule has 0 aliphatic heterocycles. The zero-order valence-electron chi connectivity index (χ0n) is 20.4. The molecule has 0 aliphatic rings. The number of benzene rings is 2. The topological polar surface area (TPSA) is 129 Å². The minimum absolute atomic E-state index is 0.112. The van der Waals surface area contributed by atoms with Crippen LogP contribution in [0.1, 0.15) is 11.1 Å². The normalized spacial score (nSPS) is 11.9. The van der Waals surface area contributed by atoms with Gasteiger partial charge in [0.05, 0.1) is 4.90 Å². The van der Waals surface area contributed by atoms with Crippen LogP contribution in [-0.2, 0) is 21.2 Å². The number of aromatic nitrogens is 1. The van der Waals surface area contributed by atoms with Crippen LogP contribution >= 0.6 is 0 Å². The van der Waals surface area contributed by atoms with Gasteiger partial charge in [0.1, 0.15) is 23.4 Å². The number of carbonyl (C=O) groups excluding carboxylic acids is 1. The summed E-state index contributed by atoms with van der Waals surface area (Å²) in [5.74, 6) is -0.422. The first kappa shape index (κ1) is 26.5. The van der Waals surface area contributed by atoms with Crippen LogP contribution in [0.4, 0.5) is 16.4 Å². The van der Waals surface area contributed by atoms with Crippen molar-refractivity contribution in [2.24, 2.45) is 0 Å². The molecule has 0 fully saturated rings. The zero-order valence-corrected chi connectivity index (χ0v) is 21.2. The summed E-state index contributed by atoms with van der Waals surface area (Å²) >= 11 is 0. The summed E-state index contributed by atoms with van der Waals surface area (Å²) in [6.45, 7) is 1.87. The highest BCUT2D eigenvalue weighted by atomic mass is 32.2. The molecule has 1 atom stereocenters. The summed E-state index contributed by atoms with van der Waals surface area (Å²) in [5, 5.41) is 12.6. The minimum atomic E-state index is -3.85. The van der Waals surface area contributed by atoms with Crippen LogP contribution < -0.4 is 14.4 Å². The monoisotopic (exact) mass is 512 g/mol. The Bertz CT molecular complexity index is 1330. The average molecular weight is 513 g/mol. The van der Waals surface area contributed by atoms with E-state index in [0.717, 1.165) is 9.87 Å². The smallest absolute Gasteiger partial charge is 0.414 e. The maximum Gasteiger partial charge on any atom is 0.414 e. The lowest BCUT2D eigenvalue weighted by Gasteiger charge is -2.20. The molecule has 2 N–H and O–H groups in total. The molecule has 11 heteroatoms. The Hall–Kier alpha value is -4.12. The number of anilines is 2. The molecule has 36 heavy (non-hydrogen) atoms. The van der Waals surface area contributed by atoms with Gasteiger partial charge in [0.2, 0.25) is 0 Å². The highest BCUT2D eigenvalue weighted by molar-refractivity contribution is 7.92. The van der Waals surface area contributed by atoms with Gasteiger partial charge >= 0.3 is 12.1 Å². The fraction of sp³-hybridized carbons (Fsp3) is 0.240. The number of nitrogens with zero attached hydrogens (tertiary/aromatic N) is 3. The van der Waals surface area contributed by atoms with E-state index in [2.05, 4.69) is 10.3 Å². The number of pyridine rings is 1. The van der Waals surface area contributed by atoms with Crippen molar-refractivity contribution in [1.82, 2.24) is 9.88 Å². The van der Waals surface area contributed by atoms with Crippen LogP contribution in [0.25, 0.3) is 0 Å². The molecular weight excluding hydrogens is 484 g/mol. The molecule has 3 aromatic rings. The Morgan fingerprint density at radius 2 is 1.64 bits per heavy atom. The fourth-order valence-electron chi connectivity index (χ4n) is 3.17. The van der Waals surface area contributed by atoms with E-state index in [4.69, 9.17) is 4.74 Å². The third kappa shape index (κ3) is 6.51. The Labute approximate surface area is 210 Å². The summed E-state index contributed by atoms with van der Waals surface area (Å²) in [5.41, 5.74) is 1.62. The van der Waals surface area contributed by atoms with E-state index in [1.807, 2.05) is 6.92 Å². The van der Waals surface area contributed by atoms with Crippen LogP contribution in [0, 0.1) is 6.92 Å². The van der Waals surface area contributed by atoms with Crippen LogP contribution in [-0.4, -0.2) is 62.7 Å². The van der Waals surface area contributed by atoms with E-state index in [9.17, 15) is 23.1 Å². The van der Waals surface area contributed by atoms with E-state index < -0.39 is 28.1 Å². The molecule has 1 aromatic heterocycles. The van der Waals surface area contributed by atoms with Gasteiger partial charge in [-0.3, -0.25) is 4.31 Å².